The molecule has 0 saturated heterocycles. The molecule has 2 heterocycles. The molecule has 2 aromatic heterocycles. The van der Waals surface area contributed by atoms with Crippen molar-refractivity contribution in [2.24, 2.45) is 0 Å². The van der Waals surface area contributed by atoms with E-state index in [-0.39, 0.29) is 0 Å². The van der Waals surface area contributed by atoms with Crippen molar-refractivity contribution >= 4 is 33.5 Å². The predicted molar refractivity (Wildman–Crippen MR) is 102 cm³/mol. The first-order valence-electron chi connectivity index (χ1n) is 8.34. The number of anilines is 1. The van der Waals surface area contributed by atoms with E-state index in [0.717, 1.165) is 33.5 Å². The first-order valence-corrected chi connectivity index (χ1v) is 8.34. The van der Waals surface area contributed by atoms with Crippen LogP contribution in [-0.4, -0.2) is 14.4 Å². The van der Waals surface area contributed by atoms with Gasteiger partial charge in [0.2, 0.25) is 5.95 Å². The van der Waals surface area contributed by atoms with Gasteiger partial charge in [-0.25, -0.2) is 9.97 Å². The van der Waals surface area contributed by atoms with E-state index in [1.807, 2.05) is 54.6 Å². The summed E-state index contributed by atoms with van der Waals surface area (Å²) in [4.78, 5) is 9.69. The van der Waals surface area contributed by atoms with Crippen molar-refractivity contribution in [3.63, 3.8) is 0 Å². The number of benzene rings is 3. The van der Waals surface area contributed by atoms with Crippen LogP contribution in [0.4, 0.5) is 5.95 Å². The Hall–Kier alpha value is -3.40. The molecule has 0 saturated carbocycles. The summed E-state index contributed by atoms with van der Waals surface area (Å²) in [5, 5.41) is 4.55. The van der Waals surface area contributed by atoms with Gasteiger partial charge in [-0.05, 0) is 29.8 Å². The topological polar surface area (TPSA) is 42.2 Å². The molecule has 3 aromatic carbocycles. The minimum atomic E-state index is 0.716. The summed E-state index contributed by atoms with van der Waals surface area (Å²) < 4.78 is 2.11. The Labute approximate surface area is 144 Å². The lowest BCUT2D eigenvalue weighted by molar-refractivity contribution is 1.05. The minimum Gasteiger partial charge on any atom is -0.351 e. The van der Waals surface area contributed by atoms with E-state index in [4.69, 9.17) is 9.97 Å². The second-order valence-electron chi connectivity index (χ2n) is 6.05. The van der Waals surface area contributed by atoms with Crippen LogP contribution >= 0.6 is 0 Å². The van der Waals surface area contributed by atoms with Crippen molar-refractivity contribution in [1.82, 2.24) is 14.4 Å². The van der Waals surface area contributed by atoms with Gasteiger partial charge in [-0.15, -0.1) is 0 Å². The molecule has 0 radical (unpaired) electrons. The number of fused-ring (bicyclic) bond motifs is 5. The van der Waals surface area contributed by atoms with Crippen molar-refractivity contribution in [1.29, 1.82) is 0 Å². The quantitative estimate of drug-likeness (QED) is 0.525. The summed E-state index contributed by atoms with van der Waals surface area (Å²) in [5.41, 5.74) is 5.13. The second-order valence-corrected chi connectivity index (χ2v) is 6.05. The molecule has 5 rings (SSSR count). The molecule has 0 fully saturated rings. The zero-order chi connectivity index (χ0) is 16.6. The van der Waals surface area contributed by atoms with Gasteiger partial charge in [-0.3, -0.25) is 4.40 Å². The molecule has 0 unspecified atom stereocenters. The van der Waals surface area contributed by atoms with Crippen molar-refractivity contribution in [2.75, 3.05) is 5.32 Å². The molecule has 0 aliphatic heterocycles. The normalized spacial score (nSPS) is 11.4. The maximum absolute atomic E-state index is 4.85. The van der Waals surface area contributed by atoms with E-state index >= 15 is 0 Å². The van der Waals surface area contributed by atoms with Crippen LogP contribution in [0.3, 0.4) is 0 Å². The van der Waals surface area contributed by atoms with Crippen LogP contribution < -0.4 is 5.32 Å². The fourth-order valence-electron chi connectivity index (χ4n) is 3.24. The highest BCUT2D eigenvalue weighted by Crippen LogP contribution is 2.26. The average molecular weight is 324 g/mol. The van der Waals surface area contributed by atoms with E-state index in [9.17, 15) is 0 Å². The summed E-state index contributed by atoms with van der Waals surface area (Å²) in [6, 6.07) is 26.7. The third kappa shape index (κ3) is 2.31. The van der Waals surface area contributed by atoms with Crippen molar-refractivity contribution in [3.8, 4) is 0 Å². The number of imidazole rings is 1. The Morgan fingerprint density at radius 3 is 2.32 bits per heavy atom. The number of hydrogen-bond donors (Lipinski definition) is 1. The van der Waals surface area contributed by atoms with Crippen LogP contribution in [0.5, 0.6) is 0 Å². The SMILES string of the molecule is c1ccc(CNc2nc3ccccc3c3nc4ccccc4n23)cc1. The minimum absolute atomic E-state index is 0.716. The lowest BCUT2D eigenvalue weighted by atomic mass is 10.2. The van der Waals surface area contributed by atoms with Crippen LogP contribution in [0.2, 0.25) is 0 Å². The van der Waals surface area contributed by atoms with Crippen molar-refractivity contribution < 1.29 is 0 Å². The number of para-hydroxylation sites is 3. The fourth-order valence-corrected chi connectivity index (χ4v) is 3.24. The number of hydrogen-bond acceptors (Lipinski definition) is 3. The molecule has 1 N–H and O–H groups in total. The van der Waals surface area contributed by atoms with Gasteiger partial charge < -0.3 is 5.32 Å². The lowest BCUT2D eigenvalue weighted by Crippen LogP contribution is -2.07. The van der Waals surface area contributed by atoms with Crippen molar-refractivity contribution in [2.45, 2.75) is 6.54 Å². The standard InChI is InChI=1S/C21H16N4/c1-2-8-15(9-3-1)14-22-21-24-17-11-5-4-10-16(17)20-23-18-12-6-7-13-19(18)25(20)21/h1-13H,14H2,(H,22,24). The Bertz CT molecular complexity index is 1190. The molecule has 0 aliphatic rings. The van der Waals surface area contributed by atoms with Crippen LogP contribution in [0.25, 0.3) is 27.6 Å². The van der Waals surface area contributed by atoms with Crippen LogP contribution in [0, 0.1) is 0 Å². The monoisotopic (exact) mass is 324 g/mol. The smallest absolute Gasteiger partial charge is 0.210 e. The third-order valence-corrected chi connectivity index (χ3v) is 4.44. The van der Waals surface area contributed by atoms with Gasteiger partial charge in [-0.2, -0.15) is 0 Å². The number of nitrogens with zero attached hydrogens (tertiary/aromatic N) is 3. The molecular formula is C21H16N4. The van der Waals surface area contributed by atoms with E-state index in [1.54, 1.807) is 0 Å². The van der Waals surface area contributed by atoms with Crippen LogP contribution in [0.15, 0.2) is 78.9 Å². The van der Waals surface area contributed by atoms with Crippen LogP contribution in [0.1, 0.15) is 5.56 Å². The van der Waals surface area contributed by atoms with E-state index in [2.05, 4.69) is 34.0 Å². The Morgan fingerprint density at radius 2 is 1.44 bits per heavy atom. The van der Waals surface area contributed by atoms with Gasteiger partial charge in [-0.1, -0.05) is 54.6 Å². The maximum atomic E-state index is 4.85. The Balaban J connectivity index is 1.74. The lowest BCUT2D eigenvalue weighted by Gasteiger charge is -2.11. The number of aromatic nitrogens is 3. The largest absolute Gasteiger partial charge is 0.351 e. The zero-order valence-corrected chi connectivity index (χ0v) is 13.6. The first kappa shape index (κ1) is 14.0. The summed E-state index contributed by atoms with van der Waals surface area (Å²) in [7, 11) is 0. The highest BCUT2D eigenvalue weighted by Gasteiger charge is 2.13. The highest BCUT2D eigenvalue weighted by molar-refractivity contribution is 5.97. The third-order valence-electron chi connectivity index (χ3n) is 4.44. The summed E-state index contributed by atoms with van der Waals surface area (Å²) in [5.74, 6) is 0.811. The number of nitrogens with one attached hydrogen (secondary N) is 1. The molecule has 0 spiro atoms. The van der Waals surface area contributed by atoms with Gasteiger partial charge in [0.15, 0.2) is 0 Å². The predicted octanol–water partition coefficient (Wildman–Crippen LogP) is 4.65. The molecule has 4 heteroatoms. The average Bonchev–Trinajstić information content (AvgIpc) is 3.07. The van der Waals surface area contributed by atoms with Crippen LogP contribution in [-0.2, 0) is 6.54 Å². The zero-order valence-electron chi connectivity index (χ0n) is 13.6. The highest BCUT2D eigenvalue weighted by atomic mass is 15.2. The van der Waals surface area contributed by atoms with E-state index < -0.39 is 0 Å². The second kappa shape index (κ2) is 5.60. The molecule has 0 bridgehead atoms. The summed E-state index contributed by atoms with van der Waals surface area (Å²) >= 11 is 0. The van der Waals surface area contributed by atoms with Crippen molar-refractivity contribution in [3.05, 3.63) is 84.4 Å². The molecule has 5 aromatic rings. The number of rotatable bonds is 3. The maximum Gasteiger partial charge on any atom is 0.210 e. The van der Waals surface area contributed by atoms with Gasteiger partial charge >= 0.3 is 0 Å². The van der Waals surface area contributed by atoms with Gasteiger partial charge in [0, 0.05) is 11.9 Å². The van der Waals surface area contributed by atoms with Gasteiger partial charge in [0.25, 0.3) is 0 Å². The Kier molecular flexibility index (Phi) is 3.13. The van der Waals surface area contributed by atoms with Gasteiger partial charge in [0.1, 0.15) is 5.65 Å². The molecular weight excluding hydrogens is 308 g/mol. The molecule has 25 heavy (non-hydrogen) atoms. The Morgan fingerprint density at radius 1 is 0.720 bits per heavy atom. The molecule has 0 aliphatic carbocycles. The first-order chi connectivity index (χ1) is 12.4. The van der Waals surface area contributed by atoms with Gasteiger partial charge in [0.05, 0.1) is 16.6 Å². The fraction of sp³-hybridized carbons (Fsp3) is 0.0476. The summed E-state index contributed by atoms with van der Waals surface area (Å²) in [6.07, 6.45) is 0. The molecule has 4 nitrogen and oxygen atoms in total. The molecule has 0 atom stereocenters. The van der Waals surface area contributed by atoms with E-state index in [1.165, 1.54) is 5.56 Å². The molecule has 120 valence electrons. The van der Waals surface area contributed by atoms with E-state index in [0.29, 0.717) is 6.54 Å². The molecule has 0 amide bonds. The summed E-state index contributed by atoms with van der Waals surface area (Å²) in [6.45, 7) is 0.716.